The van der Waals surface area contributed by atoms with Crippen molar-refractivity contribution in [2.24, 2.45) is 5.84 Å². The Morgan fingerprint density at radius 1 is 1.50 bits per heavy atom. The summed E-state index contributed by atoms with van der Waals surface area (Å²) in [4.78, 5) is 11.4. The number of benzene rings is 1. The highest BCUT2D eigenvalue weighted by Gasteiger charge is 2.19. The van der Waals surface area contributed by atoms with Crippen LogP contribution in [0.25, 0.3) is 0 Å². The number of nitrogens with one attached hydrogen (secondary N) is 1. The first-order chi connectivity index (χ1) is 7.69. The first-order valence-corrected chi connectivity index (χ1v) is 4.90. The van der Waals surface area contributed by atoms with Crippen molar-refractivity contribution >= 4 is 5.91 Å². The summed E-state index contributed by atoms with van der Waals surface area (Å²) in [5, 5.41) is 0. The van der Waals surface area contributed by atoms with Gasteiger partial charge in [0.05, 0.1) is 6.61 Å². The van der Waals surface area contributed by atoms with Crippen LogP contribution >= 0.6 is 0 Å². The molecule has 0 radical (unpaired) electrons. The molecule has 0 aliphatic rings. The zero-order chi connectivity index (χ0) is 12.0. The summed E-state index contributed by atoms with van der Waals surface area (Å²) >= 11 is 0. The molecule has 88 valence electrons. The van der Waals surface area contributed by atoms with Gasteiger partial charge >= 0.3 is 0 Å². The summed E-state index contributed by atoms with van der Waals surface area (Å²) in [5.41, 5.74) is 3.00. The number of hydrazine groups is 1. The molecule has 0 saturated heterocycles. The number of aryl methyl sites for hydroxylation is 1. The largest absolute Gasteiger partial charge is 0.478 e. The van der Waals surface area contributed by atoms with Crippen LogP contribution in [0.5, 0.6) is 5.75 Å². The van der Waals surface area contributed by atoms with Gasteiger partial charge in [-0.2, -0.15) is 0 Å². The van der Waals surface area contributed by atoms with E-state index in [0.717, 1.165) is 5.56 Å². The van der Waals surface area contributed by atoms with Crippen molar-refractivity contribution in [2.45, 2.75) is 13.0 Å². The lowest BCUT2D eigenvalue weighted by molar-refractivity contribution is -0.130. The molecule has 0 aliphatic heterocycles. The van der Waals surface area contributed by atoms with Crippen molar-refractivity contribution in [2.75, 3.05) is 13.7 Å². The molecule has 0 bridgehead atoms. The number of amides is 1. The predicted octanol–water partition coefficient (Wildman–Crippen LogP) is 0.379. The molecule has 5 nitrogen and oxygen atoms in total. The Bertz CT molecular complexity index is 355. The number of ether oxygens (including phenoxy) is 2. The molecule has 1 unspecified atom stereocenters. The summed E-state index contributed by atoms with van der Waals surface area (Å²) in [5.74, 6) is 5.29. The number of rotatable bonds is 5. The molecule has 0 heterocycles. The molecule has 1 aromatic rings. The van der Waals surface area contributed by atoms with Crippen LogP contribution in [0, 0.1) is 6.92 Å². The first kappa shape index (κ1) is 12.5. The number of hydrogen-bond donors (Lipinski definition) is 2. The molecular weight excluding hydrogens is 208 g/mol. The van der Waals surface area contributed by atoms with Crippen LogP contribution < -0.4 is 16.0 Å². The summed E-state index contributed by atoms with van der Waals surface area (Å²) in [6.07, 6.45) is -0.740. The van der Waals surface area contributed by atoms with E-state index in [1.165, 1.54) is 7.11 Å². The van der Waals surface area contributed by atoms with Crippen molar-refractivity contribution in [3.8, 4) is 5.75 Å². The fourth-order valence-corrected chi connectivity index (χ4v) is 1.25. The second-order valence-corrected chi connectivity index (χ2v) is 3.34. The van der Waals surface area contributed by atoms with Gasteiger partial charge in [0.2, 0.25) is 6.10 Å². The van der Waals surface area contributed by atoms with E-state index in [4.69, 9.17) is 15.3 Å². The van der Waals surface area contributed by atoms with Gasteiger partial charge in [-0.25, -0.2) is 5.84 Å². The van der Waals surface area contributed by atoms with E-state index >= 15 is 0 Å². The van der Waals surface area contributed by atoms with Gasteiger partial charge in [-0.3, -0.25) is 10.2 Å². The highest BCUT2D eigenvalue weighted by Crippen LogP contribution is 2.17. The number of carbonyl (C=O) groups excluding carboxylic acids is 1. The lowest BCUT2D eigenvalue weighted by atomic mass is 10.2. The minimum Gasteiger partial charge on any atom is -0.478 e. The van der Waals surface area contributed by atoms with Crippen molar-refractivity contribution in [3.05, 3.63) is 29.8 Å². The maximum Gasteiger partial charge on any atom is 0.277 e. The second-order valence-electron chi connectivity index (χ2n) is 3.34. The highest BCUT2D eigenvalue weighted by atomic mass is 16.5. The molecule has 1 amide bonds. The summed E-state index contributed by atoms with van der Waals surface area (Å²) < 4.78 is 10.4. The molecule has 3 N–H and O–H groups in total. The molecule has 1 rings (SSSR count). The van der Waals surface area contributed by atoms with E-state index in [-0.39, 0.29) is 6.61 Å². The third-order valence-corrected chi connectivity index (χ3v) is 2.12. The monoisotopic (exact) mass is 224 g/mol. The Hall–Kier alpha value is -1.59. The van der Waals surface area contributed by atoms with Gasteiger partial charge in [-0.1, -0.05) is 18.2 Å². The molecular formula is C11H16N2O3. The Balaban J connectivity index is 2.75. The zero-order valence-corrected chi connectivity index (χ0v) is 9.40. The molecule has 1 aromatic carbocycles. The first-order valence-electron chi connectivity index (χ1n) is 4.90. The third kappa shape index (κ3) is 3.22. The molecule has 1 atom stereocenters. The zero-order valence-electron chi connectivity index (χ0n) is 9.40. The Morgan fingerprint density at radius 3 is 2.75 bits per heavy atom. The fraction of sp³-hybridized carbons (Fsp3) is 0.364. The van der Waals surface area contributed by atoms with Crippen LogP contribution in [0.15, 0.2) is 24.3 Å². The molecule has 5 heteroatoms. The number of nitrogens with two attached hydrogens (primary N) is 1. The minimum absolute atomic E-state index is 0.150. The number of carbonyl (C=O) groups is 1. The maximum atomic E-state index is 11.4. The van der Waals surface area contributed by atoms with Gasteiger partial charge in [0.25, 0.3) is 5.91 Å². The Kier molecular flexibility index (Phi) is 4.75. The smallest absolute Gasteiger partial charge is 0.277 e. The third-order valence-electron chi connectivity index (χ3n) is 2.12. The summed E-state index contributed by atoms with van der Waals surface area (Å²) in [7, 11) is 1.50. The van der Waals surface area contributed by atoms with Crippen LogP contribution in [-0.2, 0) is 9.53 Å². The number of hydrogen-bond acceptors (Lipinski definition) is 4. The van der Waals surface area contributed by atoms with Crippen molar-refractivity contribution in [1.82, 2.24) is 5.43 Å². The quantitative estimate of drug-likeness (QED) is 0.431. The normalized spacial score (nSPS) is 11.9. The van der Waals surface area contributed by atoms with Gasteiger partial charge in [0.15, 0.2) is 0 Å². The molecule has 0 spiro atoms. The SMILES string of the molecule is COCC(Oc1ccccc1C)C(=O)NN. The average Bonchev–Trinajstić information content (AvgIpc) is 2.30. The molecule has 0 aromatic heterocycles. The van der Waals surface area contributed by atoms with E-state index in [0.29, 0.717) is 5.75 Å². The van der Waals surface area contributed by atoms with Crippen molar-refractivity contribution < 1.29 is 14.3 Å². The van der Waals surface area contributed by atoms with Crippen LogP contribution in [0.1, 0.15) is 5.56 Å². The van der Waals surface area contributed by atoms with E-state index in [2.05, 4.69) is 0 Å². The van der Waals surface area contributed by atoms with Gasteiger partial charge in [0, 0.05) is 7.11 Å². The summed E-state index contributed by atoms with van der Waals surface area (Å²) in [6.45, 7) is 2.05. The molecule has 0 saturated carbocycles. The van der Waals surface area contributed by atoms with Crippen LogP contribution in [0.3, 0.4) is 0 Å². The minimum atomic E-state index is -0.740. The van der Waals surface area contributed by atoms with Crippen LogP contribution in [0.4, 0.5) is 0 Å². The molecule has 0 fully saturated rings. The van der Waals surface area contributed by atoms with E-state index in [1.54, 1.807) is 6.07 Å². The van der Waals surface area contributed by atoms with Crippen molar-refractivity contribution in [3.63, 3.8) is 0 Å². The average molecular weight is 224 g/mol. The lowest BCUT2D eigenvalue weighted by Gasteiger charge is -2.17. The van der Waals surface area contributed by atoms with E-state index in [1.807, 2.05) is 30.5 Å². The maximum absolute atomic E-state index is 11.4. The van der Waals surface area contributed by atoms with Crippen LogP contribution in [0.2, 0.25) is 0 Å². The van der Waals surface area contributed by atoms with Gasteiger partial charge < -0.3 is 9.47 Å². The lowest BCUT2D eigenvalue weighted by Crippen LogP contribution is -2.44. The Labute approximate surface area is 94.5 Å². The van der Waals surface area contributed by atoms with Crippen molar-refractivity contribution in [1.29, 1.82) is 0 Å². The van der Waals surface area contributed by atoms with Gasteiger partial charge in [-0.15, -0.1) is 0 Å². The molecule has 16 heavy (non-hydrogen) atoms. The van der Waals surface area contributed by atoms with Gasteiger partial charge in [-0.05, 0) is 18.6 Å². The van der Waals surface area contributed by atoms with E-state index < -0.39 is 12.0 Å². The standard InChI is InChI=1S/C11H16N2O3/c1-8-5-3-4-6-9(8)16-10(7-15-2)11(14)13-12/h3-6,10H,7,12H2,1-2H3,(H,13,14). The molecule has 0 aliphatic carbocycles. The Morgan fingerprint density at radius 2 is 2.19 bits per heavy atom. The predicted molar refractivity (Wildman–Crippen MR) is 59.8 cm³/mol. The number of para-hydroxylation sites is 1. The van der Waals surface area contributed by atoms with Crippen LogP contribution in [-0.4, -0.2) is 25.7 Å². The van der Waals surface area contributed by atoms with Gasteiger partial charge in [0.1, 0.15) is 5.75 Å². The highest BCUT2D eigenvalue weighted by molar-refractivity contribution is 5.80. The van der Waals surface area contributed by atoms with E-state index in [9.17, 15) is 4.79 Å². The number of methoxy groups -OCH3 is 1. The summed E-state index contributed by atoms with van der Waals surface area (Å²) in [6, 6.07) is 7.43. The topological polar surface area (TPSA) is 73.6 Å². The fourth-order valence-electron chi connectivity index (χ4n) is 1.25. The second kappa shape index (κ2) is 6.09.